The highest BCUT2D eigenvalue weighted by molar-refractivity contribution is 8.21. The molecule has 0 amide bonds. The van der Waals surface area contributed by atoms with Crippen molar-refractivity contribution < 1.29 is 0 Å². The van der Waals surface area contributed by atoms with Crippen LogP contribution in [0.1, 0.15) is 5.56 Å². The second-order valence-electron chi connectivity index (χ2n) is 4.05. The number of hydrogen-bond donors (Lipinski definition) is 0. The van der Waals surface area contributed by atoms with Crippen molar-refractivity contribution in [2.75, 3.05) is 6.66 Å². The van der Waals surface area contributed by atoms with Crippen LogP contribution in [0.4, 0.5) is 0 Å². The van der Waals surface area contributed by atoms with Crippen molar-refractivity contribution in [2.45, 2.75) is 6.92 Å². The predicted octanol–water partition coefficient (Wildman–Crippen LogP) is 3.06. The van der Waals surface area contributed by atoms with Gasteiger partial charge in [0.2, 0.25) is 0 Å². The summed E-state index contributed by atoms with van der Waals surface area (Å²) >= 11 is 5.88. The fourth-order valence-electron chi connectivity index (χ4n) is 1.89. The van der Waals surface area contributed by atoms with E-state index in [0.29, 0.717) is 0 Å². The zero-order valence-electron chi connectivity index (χ0n) is 9.55. The minimum Gasteiger partial charge on any atom is -0.0879 e. The van der Waals surface area contributed by atoms with Crippen LogP contribution in [0.2, 0.25) is 0 Å². The van der Waals surface area contributed by atoms with Gasteiger partial charge in [-0.3, -0.25) is 0 Å². The van der Waals surface area contributed by atoms with Gasteiger partial charge in [-0.1, -0.05) is 66.4 Å². The smallest absolute Gasteiger partial charge is 0.00787 e. The number of benzene rings is 2. The van der Waals surface area contributed by atoms with E-state index >= 15 is 0 Å². The van der Waals surface area contributed by atoms with E-state index in [4.69, 9.17) is 11.8 Å². The highest BCUT2D eigenvalue weighted by atomic mass is 32.4. The minimum absolute atomic E-state index is 1.29. The SMILES string of the molecule is Cc1ccccc1P(C)(=S)c1ccccc1. The van der Waals surface area contributed by atoms with Gasteiger partial charge >= 0.3 is 0 Å². The summed E-state index contributed by atoms with van der Waals surface area (Å²) in [6.07, 6.45) is 0. The van der Waals surface area contributed by atoms with Gasteiger partial charge in [0.15, 0.2) is 0 Å². The molecular weight excluding hydrogens is 231 g/mol. The van der Waals surface area contributed by atoms with Gasteiger partial charge in [-0.15, -0.1) is 0 Å². The Morgan fingerprint density at radius 2 is 1.44 bits per heavy atom. The third-order valence-electron chi connectivity index (χ3n) is 2.82. The van der Waals surface area contributed by atoms with Gasteiger partial charge in [0.05, 0.1) is 0 Å². The topological polar surface area (TPSA) is 0 Å². The molecular formula is C14H15PS. The van der Waals surface area contributed by atoms with Gasteiger partial charge in [-0.25, -0.2) is 0 Å². The fourth-order valence-corrected chi connectivity index (χ4v) is 5.01. The van der Waals surface area contributed by atoms with Crippen molar-refractivity contribution in [3.8, 4) is 0 Å². The largest absolute Gasteiger partial charge is 0.0879 e. The zero-order chi connectivity index (χ0) is 11.6. The maximum absolute atomic E-state index is 5.88. The van der Waals surface area contributed by atoms with Crippen molar-refractivity contribution >= 4 is 28.5 Å². The van der Waals surface area contributed by atoms with Crippen LogP contribution in [0, 0.1) is 6.92 Å². The molecule has 0 aliphatic heterocycles. The summed E-state index contributed by atoms with van der Waals surface area (Å²) in [6.45, 7) is 4.35. The third kappa shape index (κ3) is 2.11. The molecule has 2 aromatic carbocycles. The third-order valence-corrected chi connectivity index (χ3v) is 6.75. The minimum atomic E-state index is -1.60. The van der Waals surface area contributed by atoms with Crippen LogP contribution in [-0.4, -0.2) is 6.66 Å². The second kappa shape index (κ2) is 4.53. The molecule has 0 heterocycles. The van der Waals surface area contributed by atoms with E-state index in [1.165, 1.54) is 16.2 Å². The van der Waals surface area contributed by atoms with Gasteiger partial charge in [-0.05, 0) is 29.8 Å². The van der Waals surface area contributed by atoms with Crippen molar-refractivity contribution in [1.29, 1.82) is 0 Å². The Morgan fingerprint density at radius 3 is 2.06 bits per heavy atom. The molecule has 2 rings (SSSR count). The van der Waals surface area contributed by atoms with E-state index in [1.807, 2.05) is 6.07 Å². The second-order valence-corrected chi connectivity index (χ2v) is 9.08. The molecule has 1 atom stereocenters. The van der Waals surface area contributed by atoms with E-state index in [0.717, 1.165) is 0 Å². The van der Waals surface area contributed by atoms with Crippen LogP contribution >= 0.6 is 6.04 Å². The Labute approximate surface area is 102 Å². The summed E-state index contributed by atoms with van der Waals surface area (Å²) in [6, 6.07) is 17.3. The van der Waals surface area contributed by atoms with E-state index in [2.05, 4.69) is 62.1 Å². The van der Waals surface area contributed by atoms with Gasteiger partial charge in [0.25, 0.3) is 0 Å². The van der Waals surface area contributed by atoms with Crippen LogP contribution in [0.25, 0.3) is 0 Å². The van der Waals surface area contributed by atoms with E-state index in [1.54, 1.807) is 0 Å². The first-order chi connectivity index (χ1) is 7.62. The van der Waals surface area contributed by atoms with Crippen molar-refractivity contribution in [1.82, 2.24) is 0 Å². The molecule has 0 nitrogen and oxygen atoms in total. The molecule has 82 valence electrons. The summed E-state index contributed by atoms with van der Waals surface area (Å²) in [5.41, 5.74) is 1.30. The lowest BCUT2D eigenvalue weighted by molar-refractivity contribution is 1.52. The maximum Gasteiger partial charge on any atom is 0.00787 e. The first kappa shape index (κ1) is 11.6. The maximum atomic E-state index is 5.88. The summed E-state index contributed by atoms with van der Waals surface area (Å²) in [7, 11) is 0. The molecule has 0 radical (unpaired) electrons. The Bertz CT molecular complexity index is 531. The van der Waals surface area contributed by atoms with Crippen LogP contribution in [0.3, 0.4) is 0 Å². The van der Waals surface area contributed by atoms with E-state index in [-0.39, 0.29) is 0 Å². The van der Waals surface area contributed by atoms with Crippen LogP contribution in [0.5, 0.6) is 0 Å². The Balaban J connectivity index is 2.56. The van der Waals surface area contributed by atoms with Crippen molar-refractivity contribution in [3.05, 3.63) is 60.2 Å². The van der Waals surface area contributed by atoms with Crippen LogP contribution < -0.4 is 10.6 Å². The van der Waals surface area contributed by atoms with Crippen molar-refractivity contribution in [3.63, 3.8) is 0 Å². The Hall–Kier alpha value is -0.910. The lowest BCUT2D eigenvalue weighted by Gasteiger charge is -2.19. The average Bonchev–Trinajstić information content (AvgIpc) is 2.30. The number of rotatable bonds is 2. The molecule has 0 bridgehead atoms. The van der Waals surface area contributed by atoms with Gasteiger partial charge in [0.1, 0.15) is 0 Å². The fraction of sp³-hybridized carbons (Fsp3) is 0.143. The molecule has 0 aliphatic carbocycles. The molecule has 0 aliphatic rings. The molecule has 0 N–H and O–H groups in total. The number of aryl methyl sites for hydroxylation is 1. The molecule has 16 heavy (non-hydrogen) atoms. The molecule has 0 aromatic heterocycles. The monoisotopic (exact) mass is 246 g/mol. The highest BCUT2D eigenvalue weighted by Crippen LogP contribution is 2.39. The molecule has 0 spiro atoms. The van der Waals surface area contributed by atoms with Crippen LogP contribution in [0.15, 0.2) is 54.6 Å². The number of hydrogen-bond acceptors (Lipinski definition) is 1. The average molecular weight is 246 g/mol. The standard InChI is InChI=1S/C14H15PS/c1-12-8-6-7-11-14(12)15(2,16)13-9-4-3-5-10-13/h3-11H,1-2H3. The predicted molar refractivity (Wildman–Crippen MR) is 77.1 cm³/mol. The summed E-state index contributed by atoms with van der Waals surface area (Å²) < 4.78 is 0. The molecule has 0 saturated carbocycles. The first-order valence-electron chi connectivity index (χ1n) is 5.32. The molecule has 0 fully saturated rings. The highest BCUT2D eigenvalue weighted by Gasteiger charge is 2.17. The van der Waals surface area contributed by atoms with Crippen molar-refractivity contribution in [2.24, 2.45) is 0 Å². The molecule has 1 unspecified atom stereocenters. The van der Waals surface area contributed by atoms with Gasteiger partial charge in [0, 0.05) is 6.04 Å². The zero-order valence-corrected chi connectivity index (χ0v) is 11.3. The molecule has 2 aromatic rings. The van der Waals surface area contributed by atoms with E-state index < -0.39 is 6.04 Å². The summed E-state index contributed by atoms with van der Waals surface area (Å²) in [5, 5.41) is 2.62. The Morgan fingerprint density at radius 1 is 0.875 bits per heavy atom. The summed E-state index contributed by atoms with van der Waals surface area (Å²) in [5.74, 6) is 0. The lowest BCUT2D eigenvalue weighted by atomic mass is 10.2. The van der Waals surface area contributed by atoms with Crippen LogP contribution in [-0.2, 0) is 11.8 Å². The molecule has 2 heteroatoms. The first-order valence-corrected chi connectivity index (χ1v) is 8.56. The van der Waals surface area contributed by atoms with E-state index in [9.17, 15) is 0 Å². The van der Waals surface area contributed by atoms with Gasteiger partial charge in [-0.2, -0.15) is 0 Å². The van der Waals surface area contributed by atoms with Gasteiger partial charge < -0.3 is 0 Å². The summed E-state index contributed by atoms with van der Waals surface area (Å²) in [4.78, 5) is 0. The quantitative estimate of drug-likeness (QED) is 0.734. The lowest BCUT2D eigenvalue weighted by Crippen LogP contribution is -2.16. The Kier molecular flexibility index (Phi) is 3.28. The normalized spacial score (nSPS) is 14.4. The molecule has 0 saturated heterocycles.